The van der Waals surface area contributed by atoms with Crippen LogP contribution in [0.25, 0.3) is 10.9 Å². The van der Waals surface area contributed by atoms with E-state index >= 15 is 0 Å². The first-order valence-electron chi connectivity index (χ1n) is 12.6. The summed E-state index contributed by atoms with van der Waals surface area (Å²) in [6.07, 6.45) is 5.74. The Bertz CT molecular complexity index is 1240. The zero-order chi connectivity index (χ0) is 25.3. The molecule has 2 atom stereocenters. The Hall–Kier alpha value is -2.81. The average Bonchev–Trinajstić information content (AvgIpc) is 3.35. The molecule has 0 unspecified atom stereocenters. The average molecular weight is 520 g/mol. The van der Waals surface area contributed by atoms with Gasteiger partial charge in [-0.15, -0.1) is 0 Å². The van der Waals surface area contributed by atoms with Gasteiger partial charge in [0.2, 0.25) is 0 Å². The van der Waals surface area contributed by atoms with Crippen LogP contribution in [-0.2, 0) is 6.18 Å². The molecular weight excluding hydrogens is 491 g/mol. The quantitative estimate of drug-likeness (QED) is 0.390. The summed E-state index contributed by atoms with van der Waals surface area (Å²) in [5.41, 5.74) is 0.202. The minimum atomic E-state index is -4.56. The van der Waals surface area contributed by atoms with Crippen LogP contribution in [0.4, 0.5) is 18.9 Å². The predicted octanol–water partition coefficient (Wildman–Crippen LogP) is 6.76. The molecule has 6 nitrogen and oxygen atoms in total. The lowest BCUT2D eigenvalue weighted by molar-refractivity contribution is -0.140. The molecule has 5 rings (SSSR count). The fourth-order valence-corrected chi connectivity index (χ4v) is 5.68. The molecule has 2 N–H and O–H groups in total. The first-order valence-corrected chi connectivity index (χ1v) is 12.9. The number of pyridine rings is 1. The fraction of sp³-hybridized carbons (Fsp3) is 0.500. The molecule has 0 spiro atoms. The van der Waals surface area contributed by atoms with Crippen LogP contribution >= 0.6 is 11.6 Å². The molecular formula is C26H29ClF3N5O. The molecule has 0 aliphatic heterocycles. The molecule has 2 fully saturated rings. The van der Waals surface area contributed by atoms with Gasteiger partial charge in [-0.3, -0.25) is 9.48 Å². The fourth-order valence-electron chi connectivity index (χ4n) is 5.50. The Morgan fingerprint density at radius 2 is 1.78 bits per heavy atom. The molecule has 192 valence electrons. The van der Waals surface area contributed by atoms with Gasteiger partial charge in [0.15, 0.2) is 0 Å². The highest BCUT2D eigenvalue weighted by molar-refractivity contribution is 6.31. The van der Waals surface area contributed by atoms with Crippen molar-refractivity contribution in [3.63, 3.8) is 0 Å². The molecule has 0 bridgehead atoms. The summed E-state index contributed by atoms with van der Waals surface area (Å²) in [6, 6.07) is 7.53. The van der Waals surface area contributed by atoms with E-state index in [4.69, 9.17) is 11.6 Å². The number of carbonyl (C=O) groups is 1. The number of hydrogen-bond donors (Lipinski definition) is 2. The van der Waals surface area contributed by atoms with Crippen molar-refractivity contribution in [2.45, 2.75) is 82.1 Å². The number of fused-ring (bicyclic) bond motifs is 1. The number of rotatable bonds is 5. The smallest absolute Gasteiger partial charge is 0.382 e. The SMILES string of the molecule is O=C(N[C@@H]1CCC[C@H](Nc2cc(C(F)(F)F)nc3ccc(Cl)cc23)C1)c1ccnn1C1CCCCC1. The molecule has 2 aliphatic rings. The van der Waals surface area contributed by atoms with E-state index in [1.54, 1.807) is 18.3 Å². The molecule has 36 heavy (non-hydrogen) atoms. The molecule has 2 heterocycles. The largest absolute Gasteiger partial charge is 0.433 e. The van der Waals surface area contributed by atoms with E-state index in [2.05, 4.69) is 20.7 Å². The van der Waals surface area contributed by atoms with E-state index in [1.165, 1.54) is 18.6 Å². The Morgan fingerprint density at radius 3 is 2.56 bits per heavy atom. The lowest BCUT2D eigenvalue weighted by atomic mass is 9.90. The van der Waals surface area contributed by atoms with Crippen molar-refractivity contribution in [2.75, 3.05) is 5.32 Å². The zero-order valence-electron chi connectivity index (χ0n) is 19.8. The van der Waals surface area contributed by atoms with Crippen LogP contribution in [0, 0.1) is 0 Å². The summed E-state index contributed by atoms with van der Waals surface area (Å²) in [6.45, 7) is 0. The molecule has 0 saturated heterocycles. The van der Waals surface area contributed by atoms with Crippen LogP contribution in [0.5, 0.6) is 0 Å². The van der Waals surface area contributed by atoms with E-state index in [1.807, 2.05) is 4.68 Å². The maximum absolute atomic E-state index is 13.5. The molecule has 1 amide bonds. The second-order valence-corrected chi connectivity index (χ2v) is 10.3. The zero-order valence-corrected chi connectivity index (χ0v) is 20.6. The van der Waals surface area contributed by atoms with Gasteiger partial charge in [-0.1, -0.05) is 30.9 Å². The first-order chi connectivity index (χ1) is 17.3. The van der Waals surface area contributed by atoms with Crippen molar-refractivity contribution < 1.29 is 18.0 Å². The third-order valence-corrected chi connectivity index (χ3v) is 7.49. The van der Waals surface area contributed by atoms with Gasteiger partial charge in [-0.25, -0.2) is 4.98 Å². The van der Waals surface area contributed by atoms with Crippen molar-refractivity contribution in [3.8, 4) is 0 Å². The third kappa shape index (κ3) is 5.45. The molecule has 10 heteroatoms. The number of carbonyl (C=O) groups excluding carboxylic acids is 1. The van der Waals surface area contributed by atoms with Crippen molar-refractivity contribution in [1.29, 1.82) is 0 Å². The topological polar surface area (TPSA) is 71.8 Å². The number of alkyl halides is 3. The predicted molar refractivity (Wildman–Crippen MR) is 133 cm³/mol. The summed E-state index contributed by atoms with van der Waals surface area (Å²) in [7, 11) is 0. The number of nitrogens with zero attached hydrogens (tertiary/aromatic N) is 3. The van der Waals surface area contributed by atoms with Gasteiger partial charge in [0.05, 0.1) is 11.6 Å². The number of anilines is 1. The highest BCUT2D eigenvalue weighted by atomic mass is 35.5. The number of hydrogen-bond acceptors (Lipinski definition) is 4. The van der Waals surface area contributed by atoms with E-state index in [0.717, 1.165) is 51.0 Å². The summed E-state index contributed by atoms with van der Waals surface area (Å²) >= 11 is 6.13. The lowest BCUT2D eigenvalue weighted by Gasteiger charge is -2.32. The number of nitrogens with one attached hydrogen (secondary N) is 2. The molecule has 2 aliphatic carbocycles. The van der Waals surface area contributed by atoms with Crippen LogP contribution in [0.3, 0.4) is 0 Å². The van der Waals surface area contributed by atoms with Crippen molar-refractivity contribution in [1.82, 2.24) is 20.1 Å². The molecule has 2 aromatic heterocycles. The van der Waals surface area contributed by atoms with Crippen LogP contribution in [0.1, 0.15) is 80.0 Å². The number of halogens is 4. The number of amides is 1. The first kappa shape index (κ1) is 24.9. The standard InChI is InChI=1S/C26H29ClF3N5O/c27-16-9-10-21-20(13-16)22(15-24(34-21)26(28,29)30)32-17-5-4-6-18(14-17)33-25(36)23-11-12-31-35(23)19-7-2-1-3-8-19/h9-13,15,17-19H,1-8,14H2,(H,32,34)(H,33,36)/t17-,18+/m0/s1. The Kier molecular flexibility index (Phi) is 7.10. The summed E-state index contributed by atoms with van der Waals surface area (Å²) < 4.78 is 42.3. The van der Waals surface area contributed by atoms with Gasteiger partial charge in [0, 0.05) is 34.4 Å². The van der Waals surface area contributed by atoms with Gasteiger partial charge in [0.1, 0.15) is 11.4 Å². The number of aromatic nitrogens is 3. The molecule has 3 aromatic rings. The summed E-state index contributed by atoms with van der Waals surface area (Å²) in [4.78, 5) is 16.9. The van der Waals surface area contributed by atoms with Gasteiger partial charge in [-0.05, 0) is 68.9 Å². The minimum Gasteiger partial charge on any atom is -0.382 e. The van der Waals surface area contributed by atoms with Crippen molar-refractivity contribution in [3.05, 3.63) is 52.9 Å². The monoisotopic (exact) mass is 519 g/mol. The van der Waals surface area contributed by atoms with Crippen molar-refractivity contribution >= 4 is 34.1 Å². The number of benzene rings is 1. The van der Waals surface area contributed by atoms with E-state index in [-0.39, 0.29) is 29.5 Å². The van der Waals surface area contributed by atoms with Crippen LogP contribution < -0.4 is 10.6 Å². The molecule has 1 aromatic carbocycles. The maximum Gasteiger partial charge on any atom is 0.433 e. The van der Waals surface area contributed by atoms with Gasteiger partial charge in [-0.2, -0.15) is 18.3 Å². The van der Waals surface area contributed by atoms with E-state index in [9.17, 15) is 18.0 Å². The van der Waals surface area contributed by atoms with Crippen LogP contribution in [-0.4, -0.2) is 32.8 Å². The molecule has 2 saturated carbocycles. The highest BCUT2D eigenvalue weighted by Crippen LogP contribution is 2.35. The Balaban J connectivity index is 1.31. The van der Waals surface area contributed by atoms with Gasteiger partial charge in [0.25, 0.3) is 5.91 Å². The molecule has 0 radical (unpaired) electrons. The minimum absolute atomic E-state index is 0.0859. The second kappa shape index (κ2) is 10.3. The van der Waals surface area contributed by atoms with E-state index in [0.29, 0.717) is 28.2 Å². The highest BCUT2D eigenvalue weighted by Gasteiger charge is 2.34. The normalized spacial score (nSPS) is 21.4. The van der Waals surface area contributed by atoms with Gasteiger partial charge >= 0.3 is 6.18 Å². The van der Waals surface area contributed by atoms with Crippen molar-refractivity contribution in [2.24, 2.45) is 0 Å². The second-order valence-electron chi connectivity index (χ2n) is 9.85. The van der Waals surface area contributed by atoms with E-state index < -0.39 is 11.9 Å². The third-order valence-electron chi connectivity index (χ3n) is 7.25. The summed E-state index contributed by atoms with van der Waals surface area (Å²) in [5.74, 6) is -0.149. The Labute approximate surface area is 212 Å². The maximum atomic E-state index is 13.5. The van der Waals surface area contributed by atoms with Crippen LogP contribution in [0.15, 0.2) is 36.5 Å². The van der Waals surface area contributed by atoms with Crippen LogP contribution in [0.2, 0.25) is 5.02 Å². The summed E-state index contributed by atoms with van der Waals surface area (Å²) in [5, 5.41) is 11.8. The van der Waals surface area contributed by atoms with Gasteiger partial charge < -0.3 is 10.6 Å². The lowest BCUT2D eigenvalue weighted by Crippen LogP contribution is -2.42. The Morgan fingerprint density at radius 1 is 1.00 bits per heavy atom.